The van der Waals surface area contributed by atoms with E-state index in [1.54, 1.807) is 0 Å². The van der Waals surface area contributed by atoms with Gasteiger partial charge in [0.25, 0.3) is 0 Å². The van der Waals surface area contributed by atoms with Gasteiger partial charge in [-0.2, -0.15) is 0 Å². The molecule has 1 aliphatic rings. The van der Waals surface area contributed by atoms with Gasteiger partial charge in [-0.05, 0) is 25.2 Å². The molecule has 2 aromatic rings. The molecule has 140 valence electrons. The second-order valence-electron chi connectivity index (χ2n) is 7.15. The molecule has 6 heteroatoms. The van der Waals surface area contributed by atoms with Crippen molar-refractivity contribution >= 4 is 17.7 Å². The van der Waals surface area contributed by atoms with Crippen LogP contribution in [0.3, 0.4) is 0 Å². The van der Waals surface area contributed by atoms with E-state index in [2.05, 4.69) is 40.9 Å². The summed E-state index contributed by atoms with van der Waals surface area (Å²) in [6, 6.07) is 10.3. The molecule has 0 spiro atoms. The predicted molar refractivity (Wildman–Crippen MR) is 106 cm³/mol. The van der Waals surface area contributed by atoms with E-state index in [1.165, 1.54) is 24.6 Å². The van der Waals surface area contributed by atoms with Gasteiger partial charge in [0.05, 0.1) is 5.75 Å². The first-order chi connectivity index (χ1) is 12.6. The Labute approximate surface area is 160 Å². The van der Waals surface area contributed by atoms with Gasteiger partial charge in [0.1, 0.15) is 0 Å². The standard InChI is InChI=1S/C20H28N4OS/c1-4-24-19(16-10-6-5-7-11-16)22-23-20(24)26-13-18(25)21-17-12-8-9-14(2)15(17)3/h5-7,10-11,14-15,17H,4,8-9,12-13H2,1-3H3,(H,21,25)/t14-,15-,17+/m0/s1. The quantitative estimate of drug-likeness (QED) is 0.779. The fraction of sp³-hybridized carbons (Fsp3) is 0.550. The summed E-state index contributed by atoms with van der Waals surface area (Å²) in [6.07, 6.45) is 3.56. The number of amides is 1. The molecule has 3 atom stereocenters. The lowest BCUT2D eigenvalue weighted by Crippen LogP contribution is -2.44. The summed E-state index contributed by atoms with van der Waals surface area (Å²) in [7, 11) is 0. The number of aromatic nitrogens is 3. The van der Waals surface area contributed by atoms with Crippen molar-refractivity contribution < 1.29 is 4.79 Å². The van der Waals surface area contributed by atoms with Crippen LogP contribution in [0.4, 0.5) is 0 Å². The topological polar surface area (TPSA) is 59.8 Å². The van der Waals surface area contributed by atoms with Crippen LogP contribution in [0.25, 0.3) is 11.4 Å². The Hall–Kier alpha value is -1.82. The second-order valence-corrected chi connectivity index (χ2v) is 8.09. The van der Waals surface area contributed by atoms with Gasteiger partial charge in [0, 0.05) is 18.2 Å². The summed E-state index contributed by atoms with van der Waals surface area (Å²) in [4.78, 5) is 12.4. The molecule has 1 aromatic carbocycles. The third-order valence-corrected chi connectivity index (χ3v) is 6.42. The van der Waals surface area contributed by atoms with Gasteiger partial charge in [0.2, 0.25) is 5.91 Å². The van der Waals surface area contributed by atoms with E-state index in [1.807, 2.05) is 30.3 Å². The molecular formula is C20H28N4OS. The Morgan fingerprint density at radius 2 is 2.00 bits per heavy atom. The molecular weight excluding hydrogens is 344 g/mol. The zero-order chi connectivity index (χ0) is 18.5. The van der Waals surface area contributed by atoms with Crippen LogP contribution >= 0.6 is 11.8 Å². The fourth-order valence-corrected chi connectivity index (χ4v) is 4.46. The SMILES string of the molecule is CCn1c(SCC(=O)N[C@@H]2CCC[C@H](C)[C@@H]2C)nnc1-c1ccccc1. The van der Waals surface area contributed by atoms with Gasteiger partial charge >= 0.3 is 0 Å². The minimum atomic E-state index is 0.0906. The van der Waals surface area contributed by atoms with E-state index in [4.69, 9.17) is 0 Å². The molecule has 26 heavy (non-hydrogen) atoms. The van der Waals surface area contributed by atoms with Crippen LogP contribution in [0.15, 0.2) is 35.5 Å². The summed E-state index contributed by atoms with van der Waals surface area (Å²) >= 11 is 1.46. The zero-order valence-corrected chi connectivity index (χ0v) is 16.6. The van der Waals surface area contributed by atoms with Crippen molar-refractivity contribution in [1.82, 2.24) is 20.1 Å². The maximum atomic E-state index is 12.4. The summed E-state index contributed by atoms with van der Waals surface area (Å²) in [5.41, 5.74) is 1.04. The van der Waals surface area contributed by atoms with Crippen LogP contribution < -0.4 is 5.32 Å². The first kappa shape index (κ1) is 19.0. The molecule has 0 unspecified atom stereocenters. The first-order valence-corrected chi connectivity index (χ1v) is 10.5. The van der Waals surface area contributed by atoms with Gasteiger partial charge < -0.3 is 9.88 Å². The Bertz CT molecular complexity index is 731. The number of carbonyl (C=O) groups is 1. The maximum absolute atomic E-state index is 12.4. The lowest BCUT2D eigenvalue weighted by molar-refractivity contribution is -0.120. The van der Waals surface area contributed by atoms with Gasteiger partial charge in [-0.3, -0.25) is 4.79 Å². The van der Waals surface area contributed by atoms with Crippen molar-refractivity contribution in [2.45, 2.75) is 57.8 Å². The molecule has 0 aliphatic heterocycles. The Morgan fingerprint density at radius 3 is 2.73 bits per heavy atom. The lowest BCUT2D eigenvalue weighted by atomic mass is 9.78. The molecule has 1 heterocycles. The molecule has 0 radical (unpaired) electrons. The third-order valence-electron chi connectivity index (χ3n) is 5.45. The Kier molecular flexibility index (Phi) is 6.35. The normalized spacial score (nSPS) is 23.0. The summed E-state index contributed by atoms with van der Waals surface area (Å²) in [6.45, 7) is 7.39. The number of nitrogens with one attached hydrogen (secondary N) is 1. The van der Waals surface area contributed by atoms with Crippen LogP contribution in [0.2, 0.25) is 0 Å². The number of nitrogens with zero attached hydrogens (tertiary/aromatic N) is 3. The van der Waals surface area contributed by atoms with Crippen molar-refractivity contribution in [3.63, 3.8) is 0 Å². The van der Waals surface area contributed by atoms with Crippen molar-refractivity contribution in [3.05, 3.63) is 30.3 Å². The Morgan fingerprint density at radius 1 is 1.23 bits per heavy atom. The number of rotatable bonds is 6. The summed E-state index contributed by atoms with van der Waals surface area (Å²) in [5.74, 6) is 2.54. The van der Waals surface area contributed by atoms with Crippen LogP contribution in [0.5, 0.6) is 0 Å². The molecule has 1 fully saturated rings. The maximum Gasteiger partial charge on any atom is 0.230 e. The van der Waals surface area contributed by atoms with E-state index in [0.717, 1.165) is 29.5 Å². The number of thioether (sulfide) groups is 1. The number of hydrogen-bond acceptors (Lipinski definition) is 4. The van der Waals surface area contributed by atoms with E-state index >= 15 is 0 Å². The van der Waals surface area contributed by atoms with Gasteiger partial charge in [-0.25, -0.2) is 0 Å². The van der Waals surface area contributed by atoms with Crippen LogP contribution in [-0.4, -0.2) is 32.5 Å². The molecule has 1 aliphatic carbocycles. The summed E-state index contributed by atoms with van der Waals surface area (Å²) < 4.78 is 2.07. The molecule has 0 saturated heterocycles. The molecule has 1 amide bonds. The minimum Gasteiger partial charge on any atom is -0.352 e. The minimum absolute atomic E-state index is 0.0906. The van der Waals surface area contributed by atoms with Gasteiger partial charge in [0.15, 0.2) is 11.0 Å². The predicted octanol–water partition coefficient (Wildman–Crippen LogP) is 4.00. The molecule has 1 saturated carbocycles. The molecule has 3 rings (SSSR count). The molecule has 0 bridgehead atoms. The van der Waals surface area contributed by atoms with E-state index in [0.29, 0.717) is 23.6 Å². The van der Waals surface area contributed by atoms with Crippen molar-refractivity contribution in [2.24, 2.45) is 11.8 Å². The highest BCUT2D eigenvalue weighted by Crippen LogP contribution is 2.30. The highest BCUT2D eigenvalue weighted by atomic mass is 32.2. The highest BCUT2D eigenvalue weighted by molar-refractivity contribution is 7.99. The number of hydrogen-bond donors (Lipinski definition) is 1. The average Bonchev–Trinajstić information content (AvgIpc) is 3.07. The summed E-state index contributed by atoms with van der Waals surface area (Å²) in [5, 5.41) is 12.7. The highest BCUT2D eigenvalue weighted by Gasteiger charge is 2.28. The average molecular weight is 373 g/mol. The van der Waals surface area contributed by atoms with Crippen LogP contribution in [-0.2, 0) is 11.3 Å². The fourth-order valence-electron chi connectivity index (χ4n) is 3.65. The monoisotopic (exact) mass is 372 g/mol. The molecule has 1 aromatic heterocycles. The molecule has 1 N–H and O–H groups in total. The van der Waals surface area contributed by atoms with Crippen LogP contribution in [0.1, 0.15) is 40.0 Å². The molecule has 5 nitrogen and oxygen atoms in total. The number of benzene rings is 1. The van der Waals surface area contributed by atoms with E-state index in [9.17, 15) is 4.79 Å². The van der Waals surface area contributed by atoms with Crippen molar-refractivity contribution in [1.29, 1.82) is 0 Å². The first-order valence-electron chi connectivity index (χ1n) is 9.51. The van der Waals surface area contributed by atoms with E-state index in [-0.39, 0.29) is 5.91 Å². The second kappa shape index (κ2) is 8.71. The lowest BCUT2D eigenvalue weighted by Gasteiger charge is -2.34. The zero-order valence-electron chi connectivity index (χ0n) is 15.8. The smallest absolute Gasteiger partial charge is 0.230 e. The largest absolute Gasteiger partial charge is 0.352 e. The van der Waals surface area contributed by atoms with E-state index < -0.39 is 0 Å². The van der Waals surface area contributed by atoms with Crippen molar-refractivity contribution in [2.75, 3.05) is 5.75 Å². The van der Waals surface area contributed by atoms with Gasteiger partial charge in [-0.1, -0.05) is 68.8 Å². The number of carbonyl (C=O) groups excluding carboxylic acids is 1. The van der Waals surface area contributed by atoms with Crippen molar-refractivity contribution in [3.8, 4) is 11.4 Å². The third kappa shape index (κ3) is 4.29. The van der Waals surface area contributed by atoms with Crippen LogP contribution in [0, 0.1) is 11.8 Å². The Balaban J connectivity index is 1.61. The van der Waals surface area contributed by atoms with Gasteiger partial charge in [-0.15, -0.1) is 10.2 Å².